The number of benzene rings is 1. The molecule has 0 aliphatic heterocycles. The van der Waals surface area contributed by atoms with Crippen molar-refractivity contribution in [2.75, 3.05) is 0 Å². The Balaban J connectivity index is 2.37. The van der Waals surface area contributed by atoms with E-state index in [1.54, 1.807) is 24.3 Å². The van der Waals surface area contributed by atoms with Crippen LogP contribution in [-0.4, -0.2) is 16.0 Å². The first-order chi connectivity index (χ1) is 8.18. The van der Waals surface area contributed by atoms with Crippen LogP contribution < -0.4 is 5.73 Å². The number of hydrogen-bond donors (Lipinski definition) is 2. The molecule has 0 saturated carbocycles. The van der Waals surface area contributed by atoms with E-state index >= 15 is 0 Å². The molecular weight excluding hydrogens is 239 g/mol. The summed E-state index contributed by atoms with van der Waals surface area (Å²) in [6.07, 6.45) is 1.45. The smallest absolute Gasteiger partial charge is 0.137 e. The fourth-order valence-corrected chi connectivity index (χ4v) is 2.13. The van der Waals surface area contributed by atoms with E-state index in [9.17, 15) is 4.39 Å². The molecule has 0 bridgehead atoms. The Labute approximate surface area is 102 Å². The van der Waals surface area contributed by atoms with E-state index < -0.39 is 0 Å². The van der Waals surface area contributed by atoms with Crippen LogP contribution >= 0.6 is 11.8 Å². The lowest BCUT2D eigenvalue weighted by atomic mass is 10.3. The second kappa shape index (κ2) is 4.92. The molecule has 3 N–H and O–H groups in total. The Morgan fingerprint density at radius 3 is 2.76 bits per heavy atom. The van der Waals surface area contributed by atoms with Gasteiger partial charge in [0.15, 0.2) is 0 Å². The van der Waals surface area contributed by atoms with Crippen LogP contribution in [0.2, 0.25) is 0 Å². The van der Waals surface area contributed by atoms with Gasteiger partial charge in [0, 0.05) is 4.90 Å². The first-order valence-electron chi connectivity index (χ1n) is 4.77. The summed E-state index contributed by atoms with van der Waals surface area (Å²) >= 11 is 1.10. The van der Waals surface area contributed by atoms with Crippen LogP contribution in [0.4, 0.5) is 4.39 Å². The van der Waals surface area contributed by atoms with Gasteiger partial charge in [0.2, 0.25) is 0 Å². The quantitative estimate of drug-likeness (QED) is 0.644. The lowest BCUT2D eigenvalue weighted by Crippen LogP contribution is -2.13. The predicted octanol–water partition coefficient (Wildman–Crippen LogP) is 2.05. The third-order valence-corrected chi connectivity index (χ3v) is 3.07. The van der Waals surface area contributed by atoms with Gasteiger partial charge in [-0.25, -0.2) is 4.39 Å². The van der Waals surface area contributed by atoms with Crippen LogP contribution in [0, 0.1) is 11.2 Å². The number of nitrogens with one attached hydrogen (secondary N) is 1. The third-order valence-electron chi connectivity index (χ3n) is 2.02. The minimum Gasteiger partial charge on any atom is -0.384 e. The maximum atomic E-state index is 13.5. The summed E-state index contributed by atoms with van der Waals surface area (Å²) in [4.78, 5) is 0.426. The van der Waals surface area contributed by atoms with Gasteiger partial charge in [-0.05, 0) is 18.2 Å². The van der Waals surface area contributed by atoms with E-state index in [0.29, 0.717) is 15.5 Å². The minimum atomic E-state index is -0.336. The molecule has 6 heteroatoms. The molecule has 0 unspecified atom stereocenters. The van der Waals surface area contributed by atoms with Gasteiger partial charge in [-0.3, -0.25) is 5.41 Å². The molecule has 2 aromatic rings. The molecule has 0 fully saturated rings. The van der Waals surface area contributed by atoms with E-state index in [1.165, 1.54) is 12.3 Å². The fraction of sp³-hybridized carbons (Fsp3) is 0. The first-order valence-corrected chi connectivity index (χ1v) is 5.58. The zero-order chi connectivity index (χ0) is 12.3. The number of halogens is 1. The number of nitrogens with zero attached hydrogens (tertiary/aromatic N) is 2. The van der Waals surface area contributed by atoms with Crippen molar-refractivity contribution in [3.05, 3.63) is 47.9 Å². The summed E-state index contributed by atoms with van der Waals surface area (Å²) in [5, 5.41) is 15.4. The Hall–Kier alpha value is -1.95. The Kier molecular flexibility index (Phi) is 3.34. The van der Waals surface area contributed by atoms with E-state index in [1.807, 2.05) is 0 Å². The van der Waals surface area contributed by atoms with Gasteiger partial charge in [0.1, 0.15) is 16.7 Å². The third kappa shape index (κ3) is 2.59. The van der Waals surface area contributed by atoms with Crippen molar-refractivity contribution in [2.45, 2.75) is 9.92 Å². The van der Waals surface area contributed by atoms with Gasteiger partial charge in [0.05, 0.1) is 11.8 Å². The molecule has 1 aromatic carbocycles. The molecule has 2 rings (SSSR count). The lowest BCUT2D eigenvalue weighted by molar-refractivity contribution is 0.602. The van der Waals surface area contributed by atoms with Crippen molar-refractivity contribution in [3.63, 3.8) is 0 Å². The molecule has 1 aromatic heterocycles. The summed E-state index contributed by atoms with van der Waals surface area (Å²) in [7, 11) is 0. The average molecular weight is 248 g/mol. The topological polar surface area (TPSA) is 75.7 Å². The summed E-state index contributed by atoms with van der Waals surface area (Å²) in [6, 6.07) is 7.93. The van der Waals surface area contributed by atoms with Crippen molar-refractivity contribution < 1.29 is 4.39 Å². The zero-order valence-electron chi connectivity index (χ0n) is 8.72. The number of aromatic nitrogens is 2. The highest BCUT2D eigenvalue weighted by molar-refractivity contribution is 7.99. The number of hydrogen-bond acceptors (Lipinski definition) is 4. The fourth-order valence-electron chi connectivity index (χ4n) is 1.23. The molecule has 0 aliphatic carbocycles. The number of nitrogen functional groups attached to an aromatic ring is 1. The maximum Gasteiger partial charge on any atom is 0.137 e. The monoisotopic (exact) mass is 248 g/mol. The Bertz CT molecular complexity index is 559. The van der Waals surface area contributed by atoms with Crippen LogP contribution in [0.1, 0.15) is 5.56 Å². The van der Waals surface area contributed by atoms with Crippen molar-refractivity contribution in [1.82, 2.24) is 10.2 Å². The summed E-state index contributed by atoms with van der Waals surface area (Å²) in [5.41, 5.74) is 5.87. The predicted molar refractivity (Wildman–Crippen MR) is 63.6 cm³/mol. The van der Waals surface area contributed by atoms with Gasteiger partial charge in [-0.2, -0.15) is 5.10 Å². The largest absolute Gasteiger partial charge is 0.384 e. The van der Waals surface area contributed by atoms with E-state index in [-0.39, 0.29) is 11.7 Å². The van der Waals surface area contributed by atoms with Crippen molar-refractivity contribution in [2.24, 2.45) is 5.73 Å². The first kappa shape index (κ1) is 11.5. The second-order valence-electron chi connectivity index (χ2n) is 3.20. The van der Waals surface area contributed by atoms with Crippen LogP contribution in [0.5, 0.6) is 0 Å². The molecular formula is C11H9FN4S. The maximum absolute atomic E-state index is 13.5. The highest BCUT2D eigenvalue weighted by Gasteiger charge is 2.11. The van der Waals surface area contributed by atoms with Gasteiger partial charge in [0.25, 0.3) is 0 Å². The molecule has 4 nitrogen and oxygen atoms in total. The SMILES string of the molecule is N=C(N)c1ccnnc1Sc1ccccc1F. The van der Waals surface area contributed by atoms with Crippen molar-refractivity contribution in [3.8, 4) is 0 Å². The second-order valence-corrected chi connectivity index (χ2v) is 4.23. The number of nitrogens with two attached hydrogens (primary N) is 1. The summed E-state index contributed by atoms with van der Waals surface area (Å²) in [6.45, 7) is 0. The van der Waals surface area contributed by atoms with Crippen LogP contribution in [0.15, 0.2) is 46.5 Å². The highest BCUT2D eigenvalue weighted by atomic mass is 32.2. The summed E-state index contributed by atoms with van der Waals surface area (Å²) < 4.78 is 13.5. The number of amidine groups is 1. The average Bonchev–Trinajstić information content (AvgIpc) is 2.32. The van der Waals surface area contributed by atoms with E-state index in [4.69, 9.17) is 11.1 Å². The van der Waals surface area contributed by atoms with E-state index in [2.05, 4.69) is 10.2 Å². The minimum absolute atomic E-state index is 0.112. The molecule has 0 spiro atoms. The van der Waals surface area contributed by atoms with Crippen LogP contribution in [0.25, 0.3) is 0 Å². The van der Waals surface area contributed by atoms with Gasteiger partial charge in [-0.15, -0.1) is 5.10 Å². The molecule has 17 heavy (non-hydrogen) atoms. The lowest BCUT2D eigenvalue weighted by Gasteiger charge is -2.05. The van der Waals surface area contributed by atoms with Crippen LogP contribution in [-0.2, 0) is 0 Å². The normalized spacial score (nSPS) is 10.2. The Morgan fingerprint density at radius 1 is 1.29 bits per heavy atom. The van der Waals surface area contributed by atoms with Gasteiger partial charge in [-0.1, -0.05) is 23.9 Å². The van der Waals surface area contributed by atoms with Crippen LogP contribution in [0.3, 0.4) is 0 Å². The molecule has 1 heterocycles. The molecule has 0 aliphatic rings. The van der Waals surface area contributed by atoms with E-state index in [0.717, 1.165) is 11.8 Å². The summed E-state index contributed by atoms with van der Waals surface area (Å²) in [5.74, 6) is -0.448. The standard InChI is InChI=1S/C11H9FN4S/c12-8-3-1-2-4-9(8)17-11-7(10(13)14)5-6-15-16-11/h1-6H,(H3,13,14). The van der Waals surface area contributed by atoms with Crippen molar-refractivity contribution in [1.29, 1.82) is 5.41 Å². The van der Waals surface area contributed by atoms with Gasteiger partial charge >= 0.3 is 0 Å². The zero-order valence-corrected chi connectivity index (χ0v) is 9.54. The van der Waals surface area contributed by atoms with Gasteiger partial charge < -0.3 is 5.73 Å². The molecule has 0 amide bonds. The van der Waals surface area contributed by atoms with Crippen molar-refractivity contribution >= 4 is 17.6 Å². The molecule has 86 valence electrons. The molecule has 0 radical (unpaired) electrons. The molecule has 0 atom stereocenters. The Morgan fingerprint density at radius 2 is 2.06 bits per heavy atom. The highest BCUT2D eigenvalue weighted by Crippen LogP contribution is 2.29. The molecule has 0 saturated heterocycles. The number of rotatable bonds is 3.